The average molecular weight is 441 g/mol. The van der Waals surface area contributed by atoms with Gasteiger partial charge in [0.15, 0.2) is 0 Å². The van der Waals surface area contributed by atoms with Gasteiger partial charge in [0.05, 0.1) is 6.10 Å². The Bertz CT molecular complexity index is 812. The van der Waals surface area contributed by atoms with Crippen LogP contribution in [-0.2, 0) is 4.79 Å². The SMILES string of the molecule is CC(C=O)=CCCC(C)C1CCC2(C)C3CCC4C(C)(C)C(O)CCC45CC35CCC12C. The van der Waals surface area contributed by atoms with Crippen LogP contribution in [0.25, 0.3) is 0 Å². The van der Waals surface area contributed by atoms with Gasteiger partial charge >= 0.3 is 0 Å². The van der Waals surface area contributed by atoms with Gasteiger partial charge in [-0.3, -0.25) is 4.79 Å². The van der Waals surface area contributed by atoms with E-state index in [1.54, 1.807) is 0 Å². The molecule has 0 saturated heterocycles. The third-order valence-corrected chi connectivity index (χ3v) is 13.1. The first kappa shape index (κ1) is 23.1. The Hall–Kier alpha value is -0.630. The number of aliphatic hydroxyl groups excluding tert-OH is 1. The topological polar surface area (TPSA) is 37.3 Å². The van der Waals surface area contributed by atoms with Crippen LogP contribution in [0.4, 0.5) is 0 Å². The maximum Gasteiger partial charge on any atom is 0.145 e. The highest BCUT2D eigenvalue weighted by Crippen LogP contribution is 2.89. The second kappa shape index (κ2) is 7.19. The number of carbonyl (C=O) groups excluding carboxylic acids is 1. The molecular weight excluding hydrogens is 392 g/mol. The molecule has 0 bridgehead atoms. The van der Waals surface area contributed by atoms with Gasteiger partial charge in [-0.1, -0.05) is 40.7 Å². The Labute approximate surface area is 197 Å². The van der Waals surface area contributed by atoms with E-state index in [0.717, 1.165) is 48.4 Å². The quantitative estimate of drug-likeness (QED) is 0.358. The number of hydrogen-bond donors (Lipinski definition) is 1. The summed E-state index contributed by atoms with van der Waals surface area (Å²) in [7, 11) is 0. The minimum atomic E-state index is -0.106. The van der Waals surface area contributed by atoms with Crippen LogP contribution in [0.15, 0.2) is 11.6 Å². The molecule has 5 aliphatic carbocycles. The van der Waals surface area contributed by atoms with Gasteiger partial charge in [0.1, 0.15) is 6.29 Å². The van der Waals surface area contributed by atoms with Crippen molar-refractivity contribution in [2.45, 2.75) is 118 Å². The third kappa shape index (κ3) is 2.71. The van der Waals surface area contributed by atoms with E-state index in [9.17, 15) is 9.90 Å². The fourth-order valence-electron chi connectivity index (χ4n) is 11.1. The zero-order valence-electron chi connectivity index (χ0n) is 21.7. The molecule has 9 atom stereocenters. The van der Waals surface area contributed by atoms with Crippen molar-refractivity contribution < 1.29 is 9.90 Å². The number of aliphatic hydroxyl groups is 1. The molecule has 32 heavy (non-hydrogen) atoms. The highest BCUT2D eigenvalue weighted by Gasteiger charge is 2.82. The lowest BCUT2D eigenvalue weighted by Crippen LogP contribution is -2.57. The lowest BCUT2D eigenvalue weighted by Gasteiger charge is -2.63. The number of aldehydes is 1. The molecule has 0 aliphatic heterocycles. The van der Waals surface area contributed by atoms with Crippen LogP contribution < -0.4 is 0 Å². The van der Waals surface area contributed by atoms with E-state index in [4.69, 9.17) is 0 Å². The van der Waals surface area contributed by atoms with Crippen LogP contribution in [-0.4, -0.2) is 17.5 Å². The molecule has 5 fully saturated rings. The molecular formula is C30H48O2. The minimum absolute atomic E-state index is 0.0915. The van der Waals surface area contributed by atoms with E-state index in [-0.39, 0.29) is 11.5 Å². The summed E-state index contributed by atoms with van der Waals surface area (Å²) in [6.45, 7) is 14.6. The van der Waals surface area contributed by atoms with Crippen molar-refractivity contribution in [2.75, 3.05) is 0 Å². The number of allylic oxidation sites excluding steroid dienone is 2. The van der Waals surface area contributed by atoms with Crippen molar-refractivity contribution in [3.05, 3.63) is 11.6 Å². The summed E-state index contributed by atoms with van der Waals surface area (Å²) in [4.78, 5) is 11.0. The predicted molar refractivity (Wildman–Crippen MR) is 131 cm³/mol. The summed E-state index contributed by atoms with van der Waals surface area (Å²) < 4.78 is 0. The molecule has 0 aromatic rings. The molecule has 1 N–H and O–H groups in total. The number of carbonyl (C=O) groups is 1. The molecule has 2 spiro atoms. The minimum Gasteiger partial charge on any atom is -0.393 e. The highest BCUT2D eigenvalue weighted by molar-refractivity contribution is 5.71. The van der Waals surface area contributed by atoms with Gasteiger partial charge < -0.3 is 5.11 Å². The van der Waals surface area contributed by atoms with Crippen LogP contribution in [0.2, 0.25) is 0 Å². The van der Waals surface area contributed by atoms with Crippen LogP contribution in [0.5, 0.6) is 0 Å². The lowest BCUT2D eigenvalue weighted by atomic mass is 9.41. The Morgan fingerprint density at radius 2 is 1.62 bits per heavy atom. The van der Waals surface area contributed by atoms with Crippen molar-refractivity contribution in [3.63, 3.8) is 0 Å². The predicted octanol–water partition coefficient (Wildman–Crippen LogP) is 7.35. The molecule has 5 saturated carbocycles. The maximum absolute atomic E-state index is 11.0. The highest BCUT2D eigenvalue weighted by atomic mass is 16.3. The second-order valence-electron chi connectivity index (χ2n) is 14.1. The van der Waals surface area contributed by atoms with E-state index in [1.165, 1.54) is 57.8 Å². The van der Waals surface area contributed by atoms with Gasteiger partial charge in [-0.05, 0) is 134 Å². The van der Waals surface area contributed by atoms with E-state index < -0.39 is 0 Å². The summed E-state index contributed by atoms with van der Waals surface area (Å²) in [6, 6.07) is 0. The Kier molecular flexibility index (Phi) is 5.20. The molecule has 0 heterocycles. The Balaban J connectivity index is 1.39. The molecule has 5 rings (SSSR count). The number of fused-ring (bicyclic) bond motifs is 2. The molecule has 0 aromatic carbocycles. The van der Waals surface area contributed by atoms with Gasteiger partial charge in [0, 0.05) is 0 Å². The maximum atomic E-state index is 11.0. The number of rotatable bonds is 5. The summed E-state index contributed by atoms with van der Waals surface area (Å²) >= 11 is 0. The Morgan fingerprint density at radius 3 is 2.34 bits per heavy atom. The zero-order valence-corrected chi connectivity index (χ0v) is 21.7. The first-order chi connectivity index (χ1) is 15.0. The molecule has 0 radical (unpaired) electrons. The monoisotopic (exact) mass is 440 g/mol. The van der Waals surface area contributed by atoms with Gasteiger partial charge in [-0.25, -0.2) is 0 Å². The molecule has 2 heteroatoms. The van der Waals surface area contributed by atoms with Gasteiger partial charge in [-0.2, -0.15) is 0 Å². The van der Waals surface area contributed by atoms with Crippen molar-refractivity contribution >= 4 is 6.29 Å². The van der Waals surface area contributed by atoms with Gasteiger partial charge in [-0.15, -0.1) is 0 Å². The molecule has 180 valence electrons. The first-order valence-electron chi connectivity index (χ1n) is 13.8. The first-order valence-corrected chi connectivity index (χ1v) is 13.8. The molecule has 5 aliphatic rings. The fraction of sp³-hybridized carbons (Fsp3) is 0.900. The van der Waals surface area contributed by atoms with Crippen LogP contribution >= 0.6 is 0 Å². The standard InChI is InChI=1S/C30H48O2/c1-20(18-31)8-7-9-21(2)22-12-14-28(6)24-11-10-23-26(3,4)25(32)13-15-29(23)19-30(24,29)17-16-27(22,28)5/h8,18,21-25,32H,7,9-17,19H2,1-6H3. The third-order valence-electron chi connectivity index (χ3n) is 13.1. The Morgan fingerprint density at radius 1 is 0.938 bits per heavy atom. The molecule has 9 unspecified atom stereocenters. The summed E-state index contributed by atoms with van der Waals surface area (Å²) in [5.74, 6) is 3.18. The van der Waals surface area contributed by atoms with E-state index >= 15 is 0 Å². The smallest absolute Gasteiger partial charge is 0.145 e. The van der Waals surface area contributed by atoms with Crippen molar-refractivity contribution in [3.8, 4) is 0 Å². The second-order valence-corrected chi connectivity index (χ2v) is 14.1. The summed E-state index contributed by atoms with van der Waals surface area (Å²) in [6.07, 6.45) is 17.5. The average Bonchev–Trinajstić information content (AvgIpc) is 3.33. The molecule has 0 amide bonds. The zero-order chi connectivity index (χ0) is 23.2. The van der Waals surface area contributed by atoms with Crippen molar-refractivity contribution in [2.24, 2.45) is 50.7 Å². The van der Waals surface area contributed by atoms with Crippen LogP contribution in [0, 0.1) is 50.7 Å². The normalized spacial score (nSPS) is 52.3. The van der Waals surface area contributed by atoms with Crippen LogP contribution in [0.1, 0.15) is 112 Å². The van der Waals surface area contributed by atoms with Crippen LogP contribution in [0.3, 0.4) is 0 Å². The molecule has 2 nitrogen and oxygen atoms in total. The van der Waals surface area contributed by atoms with Crippen molar-refractivity contribution in [1.82, 2.24) is 0 Å². The molecule has 0 aromatic heterocycles. The summed E-state index contributed by atoms with van der Waals surface area (Å²) in [5.41, 5.74) is 3.05. The van der Waals surface area contributed by atoms with Crippen molar-refractivity contribution in [1.29, 1.82) is 0 Å². The lowest BCUT2D eigenvalue weighted by molar-refractivity contribution is -0.161. The van der Waals surface area contributed by atoms with Gasteiger partial charge in [0.2, 0.25) is 0 Å². The van der Waals surface area contributed by atoms with E-state index in [2.05, 4.69) is 40.7 Å². The van der Waals surface area contributed by atoms with E-state index in [1.807, 2.05) is 6.92 Å². The number of hydrogen-bond acceptors (Lipinski definition) is 2. The van der Waals surface area contributed by atoms with Gasteiger partial charge in [0.25, 0.3) is 0 Å². The van der Waals surface area contributed by atoms with E-state index in [0.29, 0.717) is 21.7 Å². The summed E-state index contributed by atoms with van der Waals surface area (Å²) in [5, 5.41) is 10.8. The fourth-order valence-corrected chi connectivity index (χ4v) is 11.1. The largest absolute Gasteiger partial charge is 0.393 e.